The van der Waals surface area contributed by atoms with Gasteiger partial charge in [-0.25, -0.2) is 4.39 Å². The van der Waals surface area contributed by atoms with E-state index >= 15 is 0 Å². The van der Waals surface area contributed by atoms with Gasteiger partial charge in [0.2, 0.25) is 5.91 Å². The lowest BCUT2D eigenvalue weighted by Crippen LogP contribution is -2.32. The fourth-order valence-corrected chi connectivity index (χ4v) is 2.85. The SMILES string of the molecule is O=C(Cc1cccc(F)c1)NC(COCc1ccccc1)c1ccccc1. The van der Waals surface area contributed by atoms with Gasteiger partial charge >= 0.3 is 0 Å². The van der Waals surface area contributed by atoms with Crippen molar-refractivity contribution < 1.29 is 13.9 Å². The molecule has 0 aliphatic carbocycles. The molecular weight excluding hydrogens is 341 g/mol. The summed E-state index contributed by atoms with van der Waals surface area (Å²) in [5.74, 6) is -0.510. The van der Waals surface area contributed by atoms with Crippen LogP contribution in [-0.2, 0) is 22.6 Å². The molecule has 3 aromatic rings. The third-order valence-corrected chi connectivity index (χ3v) is 4.19. The molecule has 138 valence electrons. The Bertz CT molecular complexity index is 853. The van der Waals surface area contributed by atoms with E-state index in [0.29, 0.717) is 18.8 Å². The molecule has 0 heterocycles. The number of ether oxygens (including phenoxy) is 1. The third kappa shape index (κ3) is 6.04. The maximum Gasteiger partial charge on any atom is 0.224 e. The van der Waals surface area contributed by atoms with E-state index in [2.05, 4.69) is 5.32 Å². The van der Waals surface area contributed by atoms with Gasteiger partial charge in [0.1, 0.15) is 5.82 Å². The van der Waals surface area contributed by atoms with Gasteiger partial charge in [0.05, 0.1) is 25.7 Å². The Morgan fingerprint density at radius 3 is 2.26 bits per heavy atom. The zero-order valence-electron chi connectivity index (χ0n) is 15.0. The Kier molecular flexibility index (Phi) is 6.72. The van der Waals surface area contributed by atoms with Crippen molar-refractivity contribution in [2.75, 3.05) is 6.61 Å². The predicted molar refractivity (Wildman–Crippen MR) is 104 cm³/mol. The highest BCUT2D eigenvalue weighted by Crippen LogP contribution is 2.15. The van der Waals surface area contributed by atoms with Crippen LogP contribution in [0.5, 0.6) is 0 Å². The van der Waals surface area contributed by atoms with Crippen LogP contribution in [0.2, 0.25) is 0 Å². The lowest BCUT2D eigenvalue weighted by Gasteiger charge is -2.19. The second-order valence-corrected chi connectivity index (χ2v) is 6.34. The van der Waals surface area contributed by atoms with Gasteiger partial charge in [-0.05, 0) is 28.8 Å². The summed E-state index contributed by atoms with van der Waals surface area (Å²) in [5.41, 5.74) is 2.69. The number of halogens is 1. The first-order valence-corrected chi connectivity index (χ1v) is 8.91. The monoisotopic (exact) mass is 363 g/mol. The molecule has 0 fully saturated rings. The number of benzene rings is 3. The molecule has 0 aromatic heterocycles. The quantitative estimate of drug-likeness (QED) is 0.642. The van der Waals surface area contributed by atoms with Crippen molar-refractivity contribution >= 4 is 5.91 Å². The van der Waals surface area contributed by atoms with Crippen molar-refractivity contribution in [3.8, 4) is 0 Å². The van der Waals surface area contributed by atoms with Crippen molar-refractivity contribution in [1.82, 2.24) is 5.32 Å². The first-order valence-electron chi connectivity index (χ1n) is 8.91. The normalized spacial score (nSPS) is 11.7. The third-order valence-electron chi connectivity index (χ3n) is 4.19. The lowest BCUT2D eigenvalue weighted by atomic mass is 10.1. The molecule has 27 heavy (non-hydrogen) atoms. The zero-order chi connectivity index (χ0) is 18.9. The summed E-state index contributed by atoms with van der Waals surface area (Å²) in [7, 11) is 0. The Morgan fingerprint density at radius 1 is 0.889 bits per heavy atom. The van der Waals surface area contributed by atoms with Crippen LogP contribution in [0.15, 0.2) is 84.9 Å². The van der Waals surface area contributed by atoms with E-state index in [4.69, 9.17) is 4.74 Å². The van der Waals surface area contributed by atoms with Gasteiger partial charge in [0.15, 0.2) is 0 Å². The van der Waals surface area contributed by atoms with Crippen LogP contribution in [0, 0.1) is 5.82 Å². The number of amides is 1. The maximum absolute atomic E-state index is 13.3. The van der Waals surface area contributed by atoms with Gasteiger partial charge in [-0.2, -0.15) is 0 Å². The van der Waals surface area contributed by atoms with Crippen LogP contribution >= 0.6 is 0 Å². The van der Waals surface area contributed by atoms with Crippen molar-refractivity contribution in [3.63, 3.8) is 0 Å². The van der Waals surface area contributed by atoms with Gasteiger partial charge in [-0.3, -0.25) is 4.79 Å². The average molecular weight is 363 g/mol. The fourth-order valence-electron chi connectivity index (χ4n) is 2.85. The molecule has 0 saturated carbocycles. The van der Waals surface area contributed by atoms with Crippen molar-refractivity contribution in [1.29, 1.82) is 0 Å². The van der Waals surface area contributed by atoms with Crippen molar-refractivity contribution in [2.24, 2.45) is 0 Å². The summed E-state index contributed by atoms with van der Waals surface area (Å²) < 4.78 is 19.2. The molecule has 0 spiro atoms. The minimum Gasteiger partial charge on any atom is -0.374 e. The Morgan fingerprint density at radius 2 is 1.56 bits per heavy atom. The Hall–Kier alpha value is -2.98. The largest absolute Gasteiger partial charge is 0.374 e. The summed E-state index contributed by atoms with van der Waals surface area (Å²) in [6.07, 6.45) is 0.125. The second-order valence-electron chi connectivity index (χ2n) is 6.34. The van der Waals surface area contributed by atoms with E-state index in [1.54, 1.807) is 12.1 Å². The van der Waals surface area contributed by atoms with Gasteiger partial charge < -0.3 is 10.1 Å². The van der Waals surface area contributed by atoms with Crippen LogP contribution in [0.25, 0.3) is 0 Å². The van der Waals surface area contributed by atoms with Gasteiger partial charge in [0, 0.05) is 0 Å². The molecule has 1 amide bonds. The standard InChI is InChI=1S/C23H22FNO2/c24-21-13-7-10-19(14-21)15-23(26)25-22(20-11-5-2-6-12-20)17-27-16-18-8-3-1-4-9-18/h1-14,22H,15-17H2,(H,25,26). The van der Waals surface area contributed by atoms with Gasteiger partial charge in [0.25, 0.3) is 0 Å². The molecule has 0 aliphatic heterocycles. The summed E-state index contributed by atoms with van der Waals surface area (Å²) in [4.78, 5) is 12.5. The fraction of sp³-hybridized carbons (Fsp3) is 0.174. The van der Waals surface area contributed by atoms with Crippen molar-refractivity contribution in [2.45, 2.75) is 19.1 Å². The van der Waals surface area contributed by atoms with Crippen LogP contribution in [0.1, 0.15) is 22.7 Å². The topological polar surface area (TPSA) is 38.3 Å². The molecule has 4 heteroatoms. The first-order chi connectivity index (χ1) is 13.2. The molecule has 3 rings (SSSR count). The number of rotatable bonds is 8. The van der Waals surface area contributed by atoms with E-state index in [9.17, 15) is 9.18 Å². The number of carbonyl (C=O) groups is 1. The van der Waals surface area contributed by atoms with E-state index < -0.39 is 0 Å². The van der Waals surface area contributed by atoms with Crippen LogP contribution in [0.3, 0.4) is 0 Å². The molecule has 1 atom stereocenters. The predicted octanol–water partition coefficient (Wildman–Crippen LogP) is 4.44. The molecule has 1 unspecified atom stereocenters. The molecule has 0 aliphatic rings. The van der Waals surface area contributed by atoms with E-state index in [0.717, 1.165) is 11.1 Å². The zero-order valence-corrected chi connectivity index (χ0v) is 15.0. The second kappa shape index (κ2) is 9.64. The molecule has 3 nitrogen and oxygen atoms in total. The number of hydrogen-bond acceptors (Lipinski definition) is 2. The van der Waals surface area contributed by atoms with E-state index in [1.807, 2.05) is 60.7 Å². The highest BCUT2D eigenvalue weighted by atomic mass is 19.1. The number of carbonyl (C=O) groups excluding carboxylic acids is 1. The molecule has 1 N–H and O–H groups in total. The van der Waals surface area contributed by atoms with Crippen molar-refractivity contribution in [3.05, 3.63) is 107 Å². The summed E-state index contributed by atoms with van der Waals surface area (Å²) in [6, 6.07) is 25.4. The molecule has 0 bridgehead atoms. The van der Waals surface area contributed by atoms with Crippen LogP contribution in [0.4, 0.5) is 4.39 Å². The summed E-state index contributed by atoms with van der Waals surface area (Å²) in [5, 5.41) is 3.00. The first kappa shape index (κ1) is 18.8. The minimum absolute atomic E-state index is 0.125. The molecule has 0 saturated heterocycles. The van der Waals surface area contributed by atoms with Gasteiger partial charge in [-0.1, -0.05) is 72.8 Å². The number of hydrogen-bond donors (Lipinski definition) is 1. The lowest BCUT2D eigenvalue weighted by molar-refractivity contribution is -0.121. The molecule has 0 radical (unpaired) electrons. The number of nitrogens with one attached hydrogen (secondary N) is 1. The highest BCUT2D eigenvalue weighted by Gasteiger charge is 2.15. The maximum atomic E-state index is 13.3. The van der Waals surface area contributed by atoms with Crippen LogP contribution in [-0.4, -0.2) is 12.5 Å². The molecule has 3 aromatic carbocycles. The molecular formula is C23H22FNO2. The van der Waals surface area contributed by atoms with Crippen LogP contribution < -0.4 is 5.32 Å². The Labute approximate surface area is 158 Å². The minimum atomic E-state index is -0.342. The van der Waals surface area contributed by atoms with E-state index in [-0.39, 0.29) is 24.2 Å². The summed E-state index contributed by atoms with van der Waals surface area (Å²) in [6.45, 7) is 0.831. The highest BCUT2D eigenvalue weighted by molar-refractivity contribution is 5.79. The van der Waals surface area contributed by atoms with E-state index in [1.165, 1.54) is 12.1 Å². The average Bonchev–Trinajstić information content (AvgIpc) is 2.69. The van der Waals surface area contributed by atoms with Gasteiger partial charge in [-0.15, -0.1) is 0 Å². The smallest absolute Gasteiger partial charge is 0.224 e. The summed E-state index contributed by atoms with van der Waals surface area (Å²) >= 11 is 0. The Balaban J connectivity index is 1.62.